The molecule has 2 rings (SSSR count). The van der Waals surface area contributed by atoms with E-state index in [0.29, 0.717) is 25.6 Å². The highest BCUT2D eigenvalue weighted by molar-refractivity contribution is 6.30. The first kappa shape index (κ1) is 15.9. The zero-order valence-electron chi connectivity index (χ0n) is 12.2. The van der Waals surface area contributed by atoms with Crippen LogP contribution in [-0.2, 0) is 19.5 Å². The topological polar surface area (TPSA) is 63.0 Å². The van der Waals surface area contributed by atoms with Gasteiger partial charge in [0.05, 0.1) is 5.69 Å². The second-order valence-electron chi connectivity index (χ2n) is 5.16. The van der Waals surface area contributed by atoms with Crippen molar-refractivity contribution in [3.63, 3.8) is 0 Å². The molecule has 0 aliphatic heterocycles. The molecule has 0 aliphatic carbocycles. The van der Waals surface area contributed by atoms with Crippen molar-refractivity contribution >= 4 is 11.6 Å². The fourth-order valence-electron chi connectivity index (χ4n) is 2.09. The molecule has 114 valence electrons. The number of aryl methyl sites for hydroxylation is 1. The Kier molecular flexibility index (Phi) is 6.17. The first-order valence-corrected chi connectivity index (χ1v) is 7.53. The van der Waals surface area contributed by atoms with Crippen molar-refractivity contribution in [1.29, 1.82) is 0 Å². The fourth-order valence-corrected chi connectivity index (χ4v) is 2.21. The van der Waals surface area contributed by atoms with Crippen molar-refractivity contribution in [3.8, 4) is 0 Å². The summed E-state index contributed by atoms with van der Waals surface area (Å²) >= 11 is 5.88. The van der Waals surface area contributed by atoms with E-state index < -0.39 is 0 Å². The highest BCUT2D eigenvalue weighted by atomic mass is 35.5. The molecule has 1 aromatic heterocycles. The van der Waals surface area contributed by atoms with Gasteiger partial charge in [-0.25, -0.2) is 0 Å². The van der Waals surface area contributed by atoms with E-state index in [1.807, 2.05) is 30.5 Å². The van der Waals surface area contributed by atoms with Crippen molar-refractivity contribution in [2.45, 2.75) is 38.9 Å². The SMILES string of the molecule is CC(Cc1ccc(Cl)cc1)NCc1cn(CCCO)nn1. The Morgan fingerprint density at radius 3 is 2.81 bits per heavy atom. The third kappa shape index (κ3) is 5.46. The predicted molar refractivity (Wildman–Crippen MR) is 83.2 cm³/mol. The molecule has 1 atom stereocenters. The summed E-state index contributed by atoms with van der Waals surface area (Å²) in [6, 6.07) is 8.26. The van der Waals surface area contributed by atoms with E-state index in [9.17, 15) is 0 Å². The quantitative estimate of drug-likeness (QED) is 0.783. The highest BCUT2D eigenvalue weighted by Gasteiger charge is 2.06. The van der Waals surface area contributed by atoms with E-state index in [1.165, 1.54) is 5.56 Å². The lowest BCUT2D eigenvalue weighted by molar-refractivity contribution is 0.276. The molecule has 0 aliphatic rings. The third-order valence-electron chi connectivity index (χ3n) is 3.22. The maximum absolute atomic E-state index is 8.79. The largest absolute Gasteiger partial charge is 0.396 e. The number of aromatic nitrogens is 3. The molecule has 1 aromatic carbocycles. The van der Waals surface area contributed by atoms with Gasteiger partial charge in [-0.15, -0.1) is 5.10 Å². The van der Waals surface area contributed by atoms with E-state index in [0.717, 1.165) is 17.1 Å². The average Bonchev–Trinajstić information content (AvgIpc) is 2.93. The molecule has 0 spiro atoms. The van der Waals surface area contributed by atoms with Crippen LogP contribution in [0.15, 0.2) is 30.5 Å². The van der Waals surface area contributed by atoms with Gasteiger partial charge in [0, 0.05) is 37.0 Å². The number of halogens is 1. The summed E-state index contributed by atoms with van der Waals surface area (Å²) in [5.74, 6) is 0. The van der Waals surface area contributed by atoms with Gasteiger partial charge in [-0.2, -0.15) is 0 Å². The maximum atomic E-state index is 8.79. The number of benzene rings is 1. The molecule has 0 saturated heterocycles. The molecule has 0 radical (unpaired) electrons. The minimum Gasteiger partial charge on any atom is -0.396 e. The zero-order chi connectivity index (χ0) is 15.1. The molecule has 0 amide bonds. The van der Waals surface area contributed by atoms with Crippen LogP contribution in [0.3, 0.4) is 0 Å². The molecule has 6 heteroatoms. The number of aliphatic hydroxyl groups excluding tert-OH is 1. The van der Waals surface area contributed by atoms with Gasteiger partial charge in [-0.1, -0.05) is 28.9 Å². The Morgan fingerprint density at radius 1 is 1.33 bits per heavy atom. The number of aliphatic hydroxyl groups is 1. The smallest absolute Gasteiger partial charge is 0.0964 e. The monoisotopic (exact) mass is 308 g/mol. The van der Waals surface area contributed by atoms with Crippen LogP contribution >= 0.6 is 11.6 Å². The first-order valence-electron chi connectivity index (χ1n) is 7.15. The maximum Gasteiger partial charge on any atom is 0.0964 e. The number of nitrogens with zero attached hydrogens (tertiary/aromatic N) is 3. The van der Waals surface area contributed by atoms with E-state index in [2.05, 4.69) is 22.6 Å². The summed E-state index contributed by atoms with van der Waals surface area (Å²) in [4.78, 5) is 0. The lowest BCUT2D eigenvalue weighted by Crippen LogP contribution is -2.27. The first-order chi connectivity index (χ1) is 10.2. The summed E-state index contributed by atoms with van der Waals surface area (Å²) in [7, 11) is 0. The van der Waals surface area contributed by atoms with Crippen LogP contribution in [-0.4, -0.2) is 32.7 Å². The van der Waals surface area contributed by atoms with Crippen molar-refractivity contribution < 1.29 is 5.11 Å². The van der Waals surface area contributed by atoms with E-state index in [-0.39, 0.29) is 6.61 Å². The lowest BCUT2D eigenvalue weighted by Gasteiger charge is -2.12. The third-order valence-corrected chi connectivity index (χ3v) is 3.47. The van der Waals surface area contributed by atoms with Gasteiger partial charge in [0.15, 0.2) is 0 Å². The Balaban J connectivity index is 1.76. The summed E-state index contributed by atoms with van der Waals surface area (Å²) < 4.78 is 1.76. The van der Waals surface area contributed by atoms with Crippen LogP contribution in [0.4, 0.5) is 0 Å². The number of hydrogen-bond donors (Lipinski definition) is 2. The van der Waals surface area contributed by atoms with Crippen LogP contribution in [0.1, 0.15) is 24.6 Å². The molecule has 1 unspecified atom stereocenters. The van der Waals surface area contributed by atoms with Gasteiger partial charge in [0.1, 0.15) is 0 Å². The second kappa shape index (κ2) is 8.12. The Bertz CT molecular complexity index is 541. The van der Waals surface area contributed by atoms with Gasteiger partial charge in [-0.3, -0.25) is 4.68 Å². The van der Waals surface area contributed by atoms with E-state index >= 15 is 0 Å². The Morgan fingerprint density at radius 2 is 2.10 bits per heavy atom. The molecule has 1 heterocycles. The van der Waals surface area contributed by atoms with Gasteiger partial charge in [0.2, 0.25) is 0 Å². The summed E-state index contributed by atoms with van der Waals surface area (Å²) in [5, 5.41) is 21.1. The lowest BCUT2D eigenvalue weighted by atomic mass is 10.1. The van der Waals surface area contributed by atoms with Crippen molar-refractivity contribution in [1.82, 2.24) is 20.3 Å². The van der Waals surface area contributed by atoms with E-state index in [1.54, 1.807) is 4.68 Å². The molecular formula is C15H21ClN4O. The molecule has 0 bridgehead atoms. The predicted octanol–water partition coefficient (Wildman–Crippen LogP) is 2.03. The highest BCUT2D eigenvalue weighted by Crippen LogP contribution is 2.11. The minimum absolute atomic E-state index is 0.172. The molecule has 0 fully saturated rings. The van der Waals surface area contributed by atoms with Gasteiger partial charge >= 0.3 is 0 Å². The Labute approximate surface area is 129 Å². The normalized spacial score (nSPS) is 12.5. The number of rotatable bonds is 8. The molecule has 21 heavy (non-hydrogen) atoms. The molecule has 2 aromatic rings. The molecule has 2 N–H and O–H groups in total. The van der Waals surface area contributed by atoms with Crippen LogP contribution in [0.2, 0.25) is 5.02 Å². The second-order valence-corrected chi connectivity index (χ2v) is 5.60. The summed E-state index contributed by atoms with van der Waals surface area (Å²) in [6.07, 6.45) is 3.55. The van der Waals surface area contributed by atoms with Crippen molar-refractivity contribution in [2.75, 3.05) is 6.61 Å². The molecule has 0 saturated carbocycles. The van der Waals surface area contributed by atoms with Gasteiger partial charge in [-0.05, 0) is 37.5 Å². The zero-order valence-corrected chi connectivity index (χ0v) is 12.9. The van der Waals surface area contributed by atoms with Crippen LogP contribution in [0, 0.1) is 0 Å². The van der Waals surface area contributed by atoms with Crippen LogP contribution < -0.4 is 5.32 Å². The number of nitrogens with one attached hydrogen (secondary N) is 1. The summed E-state index contributed by atoms with van der Waals surface area (Å²) in [5.41, 5.74) is 2.17. The summed E-state index contributed by atoms with van der Waals surface area (Å²) in [6.45, 7) is 3.70. The van der Waals surface area contributed by atoms with E-state index in [4.69, 9.17) is 16.7 Å². The standard InChI is InChI=1S/C15H21ClN4O/c1-12(9-13-3-5-14(16)6-4-13)17-10-15-11-20(19-18-15)7-2-8-21/h3-6,11-12,17,21H,2,7-10H2,1H3. The number of hydrogen-bond acceptors (Lipinski definition) is 4. The minimum atomic E-state index is 0.172. The van der Waals surface area contributed by atoms with Gasteiger partial charge in [0.25, 0.3) is 0 Å². The molecular weight excluding hydrogens is 288 g/mol. The van der Waals surface area contributed by atoms with Crippen LogP contribution in [0.25, 0.3) is 0 Å². The average molecular weight is 309 g/mol. The fraction of sp³-hybridized carbons (Fsp3) is 0.467. The van der Waals surface area contributed by atoms with Crippen molar-refractivity contribution in [2.24, 2.45) is 0 Å². The van der Waals surface area contributed by atoms with Crippen LogP contribution in [0.5, 0.6) is 0 Å². The Hall–Kier alpha value is -1.43. The molecule has 5 nitrogen and oxygen atoms in total. The van der Waals surface area contributed by atoms with Gasteiger partial charge < -0.3 is 10.4 Å². The van der Waals surface area contributed by atoms with Crippen molar-refractivity contribution in [3.05, 3.63) is 46.7 Å².